The van der Waals surface area contributed by atoms with Crippen molar-refractivity contribution >= 4 is 53.3 Å². The summed E-state index contributed by atoms with van der Waals surface area (Å²) < 4.78 is 0. The van der Waals surface area contributed by atoms with Crippen LogP contribution in [0.5, 0.6) is 0 Å². The number of hydrogen-bond donors (Lipinski definition) is 10. The molecule has 0 aliphatic carbocycles. The molecule has 7 amide bonds. The van der Waals surface area contributed by atoms with E-state index in [1.165, 1.54) is 18.7 Å². The third kappa shape index (κ3) is 15.2. The van der Waals surface area contributed by atoms with Gasteiger partial charge in [0.15, 0.2) is 0 Å². The van der Waals surface area contributed by atoms with Gasteiger partial charge in [-0.15, -0.1) is 0 Å². The third-order valence-electron chi connectivity index (χ3n) is 8.45. The fraction of sp³-hybridized carbons (Fsp3) is 0.719. The quantitative estimate of drug-likeness (QED) is 0.0461. The van der Waals surface area contributed by atoms with Crippen LogP contribution in [-0.4, -0.2) is 124 Å². The van der Waals surface area contributed by atoms with E-state index in [2.05, 4.69) is 26.6 Å². The molecule has 0 radical (unpaired) electrons. The Bertz CT molecular complexity index is 1310. The Morgan fingerprint density at radius 3 is 1.83 bits per heavy atom. The number of carboxylic acid groups (broad SMARTS) is 2. The normalized spacial score (nSPS) is 17.4. The molecule has 0 unspecified atom stereocenters. The molecule has 1 rings (SSSR count). The molecule has 1 aliphatic rings. The molecular formula is C32H55N9O11. The number of aliphatic carboxylic acids is 2. The average molecular weight is 742 g/mol. The van der Waals surface area contributed by atoms with Crippen molar-refractivity contribution < 1.29 is 53.4 Å². The molecule has 0 aromatic rings. The van der Waals surface area contributed by atoms with Crippen LogP contribution >= 0.6 is 0 Å². The number of likely N-dealkylation sites (tertiary alicyclic amines) is 1. The van der Waals surface area contributed by atoms with Crippen molar-refractivity contribution in [2.75, 3.05) is 13.1 Å². The molecule has 1 saturated heterocycles. The van der Waals surface area contributed by atoms with Gasteiger partial charge in [-0.05, 0) is 71.3 Å². The number of unbranched alkanes of at least 4 members (excludes halogenated alkanes) is 1. The molecule has 0 aromatic carbocycles. The minimum Gasteiger partial charge on any atom is -0.481 e. The molecule has 20 heteroatoms. The molecule has 294 valence electrons. The van der Waals surface area contributed by atoms with Crippen LogP contribution in [0.1, 0.15) is 85.5 Å². The number of rotatable bonds is 23. The molecule has 0 spiro atoms. The van der Waals surface area contributed by atoms with Crippen LogP contribution in [0.25, 0.3) is 0 Å². The summed E-state index contributed by atoms with van der Waals surface area (Å²) in [6, 6.07) is -8.34. The van der Waals surface area contributed by atoms with Crippen LogP contribution < -0.4 is 43.8 Å². The lowest BCUT2D eigenvalue weighted by Crippen LogP contribution is -2.59. The van der Waals surface area contributed by atoms with Crippen molar-refractivity contribution in [2.24, 2.45) is 23.1 Å². The van der Waals surface area contributed by atoms with Gasteiger partial charge in [0.1, 0.15) is 36.3 Å². The molecule has 0 aromatic heterocycles. The van der Waals surface area contributed by atoms with Crippen molar-refractivity contribution in [2.45, 2.75) is 128 Å². The van der Waals surface area contributed by atoms with Crippen LogP contribution in [-0.2, 0) is 43.2 Å². The SMILES string of the molecule is CC(C)[C@H](NC(=O)[C@@H]1CCCN1C(=O)[C@@H](N)CCC(=O)O)C(=O)N[C@@H](C)C(=O)N[C@@H](CCC(N)=O)C(=O)N[C@@H](C)C(=O)N[C@@H](CCCCN)C(=O)O. The van der Waals surface area contributed by atoms with Crippen LogP contribution in [0.15, 0.2) is 0 Å². The number of carbonyl (C=O) groups excluding carboxylic acids is 7. The smallest absolute Gasteiger partial charge is 0.326 e. The van der Waals surface area contributed by atoms with Gasteiger partial charge in [-0.25, -0.2) is 4.79 Å². The van der Waals surface area contributed by atoms with Crippen molar-refractivity contribution in [3.63, 3.8) is 0 Å². The zero-order valence-corrected chi connectivity index (χ0v) is 30.1. The van der Waals surface area contributed by atoms with Crippen LogP contribution in [0.4, 0.5) is 0 Å². The minimum atomic E-state index is -1.39. The number of nitrogens with two attached hydrogens (primary N) is 3. The van der Waals surface area contributed by atoms with Gasteiger partial charge in [0.05, 0.1) is 6.04 Å². The first kappa shape index (κ1) is 45.2. The van der Waals surface area contributed by atoms with E-state index in [0.29, 0.717) is 32.2 Å². The van der Waals surface area contributed by atoms with Gasteiger partial charge in [-0.2, -0.15) is 0 Å². The third-order valence-corrected chi connectivity index (χ3v) is 8.45. The lowest BCUT2D eigenvalue weighted by atomic mass is 10.0. The van der Waals surface area contributed by atoms with E-state index < -0.39 is 101 Å². The number of carbonyl (C=O) groups is 9. The Morgan fingerprint density at radius 1 is 0.731 bits per heavy atom. The average Bonchev–Trinajstić information content (AvgIpc) is 3.56. The Kier molecular flexibility index (Phi) is 19.3. The highest BCUT2D eigenvalue weighted by molar-refractivity contribution is 5.97. The molecule has 1 heterocycles. The number of amides is 7. The van der Waals surface area contributed by atoms with E-state index in [4.69, 9.17) is 22.3 Å². The van der Waals surface area contributed by atoms with Crippen molar-refractivity contribution in [3.8, 4) is 0 Å². The number of primary amides is 1. The van der Waals surface area contributed by atoms with Gasteiger partial charge in [0.2, 0.25) is 41.4 Å². The van der Waals surface area contributed by atoms with Gasteiger partial charge in [-0.1, -0.05) is 13.8 Å². The molecule has 7 atom stereocenters. The Hall–Kier alpha value is -4.85. The van der Waals surface area contributed by atoms with Crippen molar-refractivity contribution in [1.29, 1.82) is 0 Å². The molecule has 1 fully saturated rings. The summed E-state index contributed by atoms with van der Waals surface area (Å²) in [5, 5.41) is 30.6. The highest BCUT2D eigenvalue weighted by atomic mass is 16.4. The summed E-state index contributed by atoms with van der Waals surface area (Å²) in [6.45, 7) is 6.49. The highest BCUT2D eigenvalue weighted by Gasteiger charge is 2.38. The fourth-order valence-corrected chi connectivity index (χ4v) is 5.35. The first-order chi connectivity index (χ1) is 24.3. The number of nitrogens with zero attached hydrogens (tertiary/aromatic N) is 1. The topological polar surface area (TPSA) is 336 Å². The highest BCUT2D eigenvalue weighted by Crippen LogP contribution is 2.20. The van der Waals surface area contributed by atoms with Gasteiger partial charge in [0, 0.05) is 19.4 Å². The van der Waals surface area contributed by atoms with E-state index in [9.17, 15) is 48.3 Å². The monoisotopic (exact) mass is 741 g/mol. The second-order valence-electron chi connectivity index (χ2n) is 13.2. The molecule has 13 N–H and O–H groups in total. The maximum atomic E-state index is 13.3. The Morgan fingerprint density at radius 2 is 1.31 bits per heavy atom. The fourth-order valence-electron chi connectivity index (χ4n) is 5.35. The molecule has 52 heavy (non-hydrogen) atoms. The maximum absolute atomic E-state index is 13.3. The van der Waals surface area contributed by atoms with Crippen LogP contribution in [0, 0.1) is 5.92 Å². The minimum absolute atomic E-state index is 0.113. The van der Waals surface area contributed by atoms with Crippen molar-refractivity contribution in [1.82, 2.24) is 31.5 Å². The predicted molar refractivity (Wildman–Crippen MR) is 184 cm³/mol. The lowest BCUT2D eigenvalue weighted by Gasteiger charge is -2.30. The first-order valence-electron chi connectivity index (χ1n) is 17.3. The second-order valence-corrected chi connectivity index (χ2v) is 13.2. The Labute approximate surface area is 302 Å². The zero-order chi connectivity index (χ0) is 39.7. The molecule has 0 bridgehead atoms. The summed E-state index contributed by atoms with van der Waals surface area (Å²) in [5.41, 5.74) is 16.6. The summed E-state index contributed by atoms with van der Waals surface area (Å²) in [6.07, 6.45) is 0.862. The molecule has 1 aliphatic heterocycles. The second kappa shape index (κ2) is 22.2. The van der Waals surface area contributed by atoms with Crippen molar-refractivity contribution in [3.05, 3.63) is 0 Å². The molecular weight excluding hydrogens is 686 g/mol. The van der Waals surface area contributed by atoms with Gasteiger partial charge < -0.3 is 58.9 Å². The molecule has 20 nitrogen and oxygen atoms in total. The summed E-state index contributed by atoms with van der Waals surface area (Å²) in [5.74, 6) is -8.13. The number of hydrogen-bond acceptors (Lipinski definition) is 11. The standard InChI is InChI=1S/C32H55N9O11/c1-16(2)25(40-29(48)22-9-7-15-41(22)31(50)19(34)10-13-24(43)44)30(49)37-18(4)26(45)38-20(11-12-23(35)42)28(47)36-17(3)27(46)39-21(32(51)52)8-5-6-14-33/h16-22,25H,5-15,33-34H2,1-4H3,(H2,35,42)(H,36,47)(H,37,49)(H,38,45)(H,39,46)(H,40,48)(H,43,44)(H,51,52)/t17-,18-,19-,20-,21-,22-,25-/m0/s1. The van der Waals surface area contributed by atoms with E-state index >= 15 is 0 Å². The largest absolute Gasteiger partial charge is 0.481 e. The van der Waals surface area contributed by atoms with E-state index in [0.717, 1.165) is 0 Å². The summed E-state index contributed by atoms with van der Waals surface area (Å²) in [4.78, 5) is 114. The van der Waals surface area contributed by atoms with Gasteiger partial charge in [-0.3, -0.25) is 38.4 Å². The zero-order valence-electron chi connectivity index (χ0n) is 30.1. The van der Waals surface area contributed by atoms with Gasteiger partial charge >= 0.3 is 11.9 Å². The number of carboxylic acids is 2. The van der Waals surface area contributed by atoms with E-state index in [1.54, 1.807) is 13.8 Å². The summed E-state index contributed by atoms with van der Waals surface area (Å²) >= 11 is 0. The van der Waals surface area contributed by atoms with E-state index in [1.807, 2.05) is 0 Å². The number of nitrogens with one attached hydrogen (secondary N) is 5. The lowest BCUT2D eigenvalue weighted by molar-refractivity contribution is -0.142. The predicted octanol–water partition coefficient (Wildman–Crippen LogP) is -3.23. The Balaban J connectivity index is 2.93. The van der Waals surface area contributed by atoms with Crippen LogP contribution in [0.3, 0.4) is 0 Å². The maximum Gasteiger partial charge on any atom is 0.326 e. The molecule has 0 saturated carbocycles. The summed E-state index contributed by atoms with van der Waals surface area (Å²) in [7, 11) is 0. The first-order valence-corrected chi connectivity index (χ1v) is 17.3. The van der Waals surface area contributed by atoms with E-state index in [-0.39, 0.29) is 38.6 Å². The van der Waals surface area contributed by atoms with Crippen LogP contribution in [0.2, 0.25) is 0 Å². The van der Waals surface area contributed by atoms with Gasteiger partial charge in [0.25, 0.3) is 0 Å².